The summed E-state index contributed by atoms with van der Waals surface area (Å²) in [6.07, 6.45) is 0. The molecule has 0 fully saturated rings. The Balaban J connectivity index is 2.34. The maximum atomic E-state index is 6.02. The first kappa shape index (κ1) is 14.5. The second-order valence-corrected chi connectivity index (χ2v) is 8.28. The van der Waals surface area contributed by atoms with E-state index < -0.39 is 8.80 Å². The Hall–Kier alpha value is -1.42. The normalized spacial score (nSPS) is 11.3. The van der Waals surface area contributed by atoms with Crippen molar-refractivity contribution in [2.75, 3.05) is 0 Å². The molecule has 21 heavy (non-hydrogen) atoms. The number of aromatic nitrogens is 2. The lowest BCUT2D eigenvalue weighted by Gasteiger charge is -2.15. The number of nitrogens with zero attached hydrogens (tertiary/aromatic N) is 2. The molecule has 0 N–H and O–H groups in total. The molecule has 3 rings (SSSR count). The van der Waals surface area contributed by atoms with Crippen molar-refractivity contribution in [3.8, 4) is 11.3 Å². The Bertz CT molecular complexity index is 798. The monoisotopic (exact) mass is 331 g/mol. The molecule has 0 unspecified atom stereocenters. The molecule has 0 aliphatic carbocycles. The van der Waals surface area contributed by atoms with Gasteiger partial charge in [0.2, 0.25) is 5.28 Å². The lowest BCUT2D eigenvalue weighted by molar-refractivity contribution is 1.17. The zero-order valence-electron chi connectivity index (χ0n) is 11.7. The van der Waals surface area contributed by atoms with Gasteiger partial charge in [-0.2, -0.15) is 0 Å². The summed E-state index contributed by atoms with van der Waals surface area (Å²) >= 11 is 12.0. The summed E-state index contributed by atoms with van der Waals surface area (Å²) < 4.78 is 0. The number of benzene rings is 2. The maximum Gasteiger partial charge on any atom is 0.224 e. The molecule has 0 saturated carbocycles. The highest BCUT2D eigenvalue weighted by molar-refractivity contribution is 6.74. The first-order chi connectivity index (χ1) is 10.1. The van der Waals surface area contributed by atoms with Crippen LogP contribution in [-0.4, -0.2) is 18.8 Å². The highest BCUT2D eigenvalue weighted by Gasteiger charge is 2.15. The number of hydrogen-bond donors (Lipinski definition) is 0. The summed E-state index contributed by atoms with van der Waals surface area (Å²) in [6, 6.07) is 14.4. The lowest BCUT2D eigenvalue weighted by Crippen LogP contribution is -2.26. The summed E-state index contributed by atoms with van der Waals surface area (Å²) in [6.45, 7) is 4.56. The van der Waals surface area contributed by atoms with Gasteiger partial charge in [-0.15, -0.1) is 0 Å². The van der Waals surface area contributed by atoms with Gasteiger partial charge in [0.15, 0.2) is 0 Å². The van der Waals surface area contributed by atoms with E-state index in [0.717, 1.165) is 11.3 Å². The molecular formula is C16H13Cl2N2Si. The lowest BCUT2D eigenvalue weighted by atomic mass is 10.0. The number of halogens is 2. The first-order valence-electron chi connectivity index (χ1n) is 6.59. The van der Waals surface area contributed by atoms with Crippen molar-refractivity contribution in [3.05, 3.63) is 52.9 Å². The van der Waals surface area contributed by atoms with Gasteiger partial charge in [0.05, 0.1) is 14.5 Å². The van der Waals surface area contributed by atoms with Crippen molar-refractivity contribution < 1.29 is 0 Å². The first-order valence-corrected chi connectivity index (χ1v) is 9.84. The van der Waals surface area contributed by atoms with Crippen LogP contribution in [0.1, 0.15) is 0 Å². The summed E-state index contributed by atoms with van der Waals surface area (Å²) in [5.74, 6) is 0. The average Bonchev–Trinajstić information content (AvgIpc) is 2.44. The average molecular weight is 332 g/mol. The fourth-order valence-corrected chi connectivity index (χ4v) is 4.48. The van der Waals surface area contributed by atoms with Gasteiger partial charge in [-0.05, 0) is 33.1 Å². The van der Waals surface area contributed by atoms with Gasteiger partial charge in [-0.25, -0.2) is 9.97 Å². The molecule has 0 aliphatic rings. The van der Waals surface area contributed by atoms with Gasteiger partial charge in [0, 0.05) is 6.07 Å². The Labute approximate surface area is 135 Å². The predicted octanol–water partition coefficient (Wildman–Crippen LogP) is 4.57. The molecule has 1 radical (unpaired) electrons. The van der Waals surface area contributed by atoms with E-state index in [0.29, 0.717) is 5.15 Å². The molecule has 0 amide bonds. The van der Waals surface area contributed by atoms with Gasteiger partial charge < -0.3 is 0 Å². The summed E-state index contributed by atoms with van der Waals surface area (Å²) in [5.41, 5.74) is 1.88. The smallest absolute Gasteiger partial charge is 0.218 e. The van der Waals surface area contributed by atoms with E-state index in [1.165, 1.54) is 16.0 Å². The molecule has 0 aliphatic heterocycles. The summed E-state index contributed by atoms with van der Waals surface area (Å²) in [5, 5.41) is 4.42. The van der Waals surface area contributed by atoms with E-state index in [2.05, 4.69) is 59.5 Å². The quantitative estimate of drug-likeness (QED) is 0.390. The standard InChI is InChI=1S/C16H13Cl2N2Si/c1-21(2)15-11-6-4-3-5-10(11)7-8-12(15)13-9-14(17)20-16(18)19-13/h3-9H,1-2H3. The third-order valence-electron chi connectivity index (χ3n) is 3.37. The maximum absolute atomic E-state index is 6.02. The van der Waals surface area contributed by atoms with Crippen LogP contribution in [0.3, 0.4) is 0 Å². The Morgan fingerprint density at radius 3 is 2.43 bits per heavy atom. The molecule has 2 aromatic carbocycles. The van der Waals surface area contributed by atoms with Crippen molar-refractivity contribution in [3.63, 3.8) is 0 Å². The van der Waals surface area contributed by atoms with E-state index in [9.17, 15) is 0 Å². The molecule has 105 valence electrons. The van der Waals surface area contributed by atoms with E-state index in [4.69, 9.17) is 23.2 Å². The Kier molecular flexibility index (Phi) is 3.98. The minimum atomic E-state index is -0.686. The number of hydrogen-bond acceptors (Lipinski definition) is 2. The van der Waals surface area contributed by atoms with Gasteiger partial charge >= 0.3 is 0 Å². The van der Waals surface area contributed by atoms with Gasteiger partial charge in [0.1, 0.15) is 5.15 Å². The highest BCUT2D eigenvalue weighted by Crippen LogP contribution is 2.24. The molecule has 0 atom stereocenters. The molecule has 5 heteroatoms. The van der Waals surface area contributed by atoms with Crippen LogP contribution in [0, 0.1) is 0 Å². The van der Waals surface area contributed by atoms with Crippen LogP contribution in [-0.2, 0) is 0 Å². The van der Waals surface area contributed by atoms with Crippen molar-refractivity contribution in [1.29, 1.82) is 0 Å². The molecule has 2 nitrogen and oxygen atoms in total. The zero-order chi connectivity index (χ0) is 15.0. The zero-order valence-corrected chi connectivity index (χ0v) is 14.2. The molecule has 3 aromatic rings. The molecule has 0 spiro atoms. The fraction of sp³-hybridized carbons (Fsp3) is 0.125. The Morgan fingerprint density at radius 1 is 0.952 bits per heavy atom. The molecule has 0 bridgehead atoms. The van der Waals surface area contributed by atoms with Crippen molar-refractivity contribution >= 4 is 48.0 Å². The van der Waals surface area contributed by atoms with Crippen molar-refractivity contribution in [1.82, 2.24) is 9.97 Å². The van der Waals surface area contributed by atoms with E-state index >= 15 is 0 Å². The second kappa shape index (κ2) is 5.76. The van der Waals surface area contributed by atoms with Crippen molar-refractivity contribution in [2.24, 2.45) is 0 Å². The largest absolute Gasteiger partial charge is 0.224 e. The van der Waals surface area contributed by atoms with Crippen LogP contribution in [0.4, 0.5) is 0 Å². The van der Waals surface area contributed by atoms with Crippen LogP contribution in [0.2, 0.25) is 23.5 Å². The van der Waals surface area contributed by atoms with E-state index in [-0.39, 0.29) is 5.28 Å². The number of rotatable bonds is 2. The SMILES string of the molecule is C[Si](C)c1c(-c2cc(Cl)nc(Cl)n2)ccc2ccccc12. The van der Waals surface area contributed by atoms with E-state index in [1.54, 1.807) is 6.07 Å². The van der Waals surface area contributed by atoms with Crippen LogP contribution < -0.4 is 5.19 Å². The van der Waals surface area contributed by atoms with Gasteiger partial charge in [-0.1, -0.05) is 61.1 Å². The molecule has 1 aromatic heterocycles. The van der Waals surface area contributed by atoms with Gasteiger partial charge in [-0.3, -0.25) is 0 Å². The fourth-order valence-electron chi connectivity index (χ4n) is 2.55. The number of fused-ring (bicyclic) bond motifs is 1. The third-order valence-corrected chi connectivity index (χ3v) is 5.27. The minimum Gasteiger partial charge on any atom is -0.218 e. The minimum absolute atomic E-state index is 0.178. The van der Waals surface area contributed by atoms with Crippen LogP contribution >= 0.6 is 23.2 Å². The van der Waals surface area contributed by atoms with Gasteiger partial charge in [0.25, 0.3) is 0 Å². The van der Waals surface area contributed by atoms with Crippen LogP contribution in [0.15, 0.2) is 42.5 Å². The molecular weight excluding hydrogens is 319 g/mol. The summed E-state index contributed by atoms with van der Waals surface area (Å²) in [7, 11) is -0.686. The third kappa shape index (κ3) is 2.82. The van der Waals surface area contributed by atoms with Crippen LogP contribution in [0.5, 0.6) is 0 Å². The van der Waals surface area contributed by atoms with Crippen LogP contribution in [0.25, 0.3) is 22.0 Å². The summed E-state index contributed by atoms with van der Waals surface area (Å²) in [4.78, 5) is 8.26. The molecule has 1 heterocycles. The molecule has 0 saturated heterocycles. The Morgan fingerprint density at radius 2 is 1.71 bits per heavy atom. The topological polar surface area (TPSA) is 25.8 Å². The highest BCUT2D eigenvalue weighted by atomic mass is 35.5. The van der Waals surface area contributed by atoms with Crippen molar-refractivity contribution in [2.45, 2.75) is 13.1 Å². The predicted molar refractivity (Wildman–Crippen MR) is 92.1 cm³/mol. The van der Waals surface area contributed by atoms with E-state index in [1.807, 2.05) is 0 Å². The second-order valence-electron chi connectivity index (χ2n) is 5.05.